The molecule has 0 aromatic heterocycles. The summed E-state index contributed by atoms with van der Waals surface area (Å²) in [5, 5.41) is 0. The van der Waals surface area contributed by atoms with Crippen molar-refractivity contribution in [2.45, 2.75) is 38.9 Å². The number of carbonyl (C=O) groups is 1. The van der Waals surface area contributed by atoms with Crippen LogP contribution in [0.3, 0.4) is 0 Å². The Morgan fingerprint density at radius 1 is 1.03 bits per heavy atom. The average Bonchev–Trinajstić information content (AvgIpc) is 2.69. The molecule has 0 saturated carbocycles. The average molecular weight is 419 g/mol. The van der Waals surface area contributed by atoms with Gasteiger partial charge in [0.2, 0.25) is 5.91 Å². The van der Waals surface area contributed by atoms with Gasteiger partial charge in [0.25, 0.3) is 0 Å². The molecule has 1 amide bonds. The standard InChI is InChI=1S/C24H29F3N2O/c1-3-13-28(2)23(30)21-16-29(17-21)15-20-11-8-18(9-12-20)7-10-19-5-4-6-22(14-19)24(25,26)27/h4-6,8-9,11-12,14,21H,3,7,10,13,15-17H2,1-2H3. The number of hydrogen-bond acceptors (Lipinski definition) is 2. The molecule has 2 aromatic rings. The smallest absolute Gasteiger partial charge is 0.345 e. The zero-order chi connectivity index (χ0) is 21.7. The zero-order valence-corrected chi connectivity index (χ0v) is 17.6. The minimum Gasteiger partial charge on any atom is -0.345 e. The van der Waals surface area contributed by atoms with Crippen molar-refractivity contribution in [2.75, 3.05) is 26.7 Å². The first-order chi connectivity index (χ1) is 14.3. The van der Waals surface area contributed by atoms with Gasteiger partial charge in [-0.2, -0.15) is 13.2 Å². The summed E-state index contributed by atoms with van der Waals surface area (Å²) in [5.41, 5.74) is 2.39. The highest BCUT2D eigenvalue weighted by Gasteiger charge is 2.34. The van der Waals surface area contributed by atoms with Crippen LogP contribution < -0.4 is 0 Å². The Balaban J connectivity index is 1.46. The molecule has 1 aliphatic heterocycles. The molecule has 0 spiro atoms. The third-order valence-electron chi connectivity index (χ3n) is 5.63. The Morgan fingerprint density at radius 2 is 1.67 bits per heavy atom. The number of hydrogen-bond donors (Lipinski definition) is 0. The maximum Gasteiger partial charge on any atom is 0.416 e. The number of carbonyl (C=O) groups excluding carboxylic acids is 1. The number of benzene rings is 2. The molecule has 2 aromatic carbocycles. The van der Waals surface area contributed by atoms with Crippen LogP contribution in [-0.2, 0) is 30.4 Å². The number of nitrogens with zero attached hydrogens (tertiary/aromatic N) is 2. The number of halogens is 3. The van der Waals surface area contributed by atoms with Crippen LogP contribution in [0.5, 0.6) is 0 Å². The molecule has 0 unspecified atom stereocenters. The van der Waals surface area contributed by atoms with Crippen LogP contribution in [0.1, 0.15) is 35.6 Å². The van der Waals surface area contributed by atoms with Crippen LogP contribution in [0.4, 0.5) is 13.2 Å². The normalized spacial score (nSPS) is 15.1. The molecule has 6 heteroatoms. The van der Waals surface area contributed by atoms with Crippen LogP contribution >= 0.6 is 0 Å². The minimum absolute atomic E-state index is 0.105. The fraction of sp³-hybridized carbons (Fsp3) is 0.458. The fourth-order valence-corrected chi connectivity index (χ4v) is 3.87. The first-order valence-corrected chi connectivity index (χ1v) is 10.5. The van der Waals surface area contributed by atoms with Crippen molar-refractivity contribution < 1.29 is 18.0 Å². The lowest BCUT2D eigenvalue weighted by Gasteiger charge is -2.40. The second kappa shape index (κ2) is 9.65. The molecular formula is C24H29F3N2O. The van der Waals surface area contributed by atoms with Gasteiger partial charge in [0.1, 0.15) is 0 Å². The van der Waals surface area contributed by atoms with Gasteiger partial charge in [0, 0.05) is 33.2 Å². The summed E-state index contributed by atoms with van der Waals surface area (Å²) in [6.07, 6.45) is -2.06. The summed E-state index contributed by atoms with van der Waals surface area (Å²) in [7, 11) is 1.87. The Kier molecular flexibility index (Phi) is 7.19. The lowest BCUT2D eigenvalue weighted by molar-refractivity contribution is -0.140. The topological polar surface area (TPSA) is 23.6 Å². The van der Waals surface area contributed by atoms with E-state index >= 15 is 0 Å². The summed E-state index contributed by atoms with van der Waals surface area (Å²) in [4.78, 5) is 16.3. The highest BCUT2D eigenvalue weighted by molar-refractivity contribution is 5.79. The molecule has 30 heavy (non-hydrogen) atoms. The Labute approximate surface area is 176 Å². The third-order valence-corrected chi connectivity index (χ3v) is 5.63. The maximum atomic E-state index is 12.8. The first-order valence-electron chi connectivity index (χ1n) is 10.5. The van der Waals surface area contributed by atoms with Crippen molar-refractivity contribution in [3.8, 4) is 0 Å². The highest BCUT2D eigenvalue weighted by atomic mass is 19.4. The Hall–Kier alpha value is -2.34. The van der Waals surface area contributed by atoms with E-state index in [0.717, 1.165) is 44.2 Å². The molecule has 1 saturated heterocycles. The maximum absolute atomic E-state index is 12.8. The molecular weight excluding hydrogens is 389 g/mol. The lowest BCUT2D eigenvalue weighted by Crippen LogP contribution is -2.53. The van der Waals surface area contributed by atoms with Crippen LogP contribution in [-0.4, -0.2) is 42.4 Å². The quantitative estimate of drug-likeness (QED) is 0.615. The van der Waals surface area contributed by atoms with Crippen LogP contribution in [0.15, 0.2) is 48.5 Å². The van der Waals surface area contributed by atoms with Gasteiger partial charge in [-0.1, -0.05) is 49.4 Å². The van der Waals surface area contributed by atoms with E-state index in [1.54, 1.807) is 6.07 Å². The lowest BCUT2D eigenvalue weighted by atomic mass is 9.97. The molecule has 3 rings (SSSR count). The second-order valence-corrected chi connectivity index (χ2v) is 8.17. The first kappa shape index (κ1) is 22.3. The summed E-state index contributed by atoms with van der Waals surface area (Å²) < 4.78 is 38.5. The van der Waals surface area contributed by atoms with E-state index in [4.69, 9.17) is 0 Å². The van der Waals surface area contributed by atoms with Crippen molar-refractivity contribution in [1.29, 1.82) is 0 Å². The van der Waals surface area contributed by atoms with Gasteiger partial charge >= 0.3 is 6.18 Å². The molecule has 0 aliphatic carbocycles. The second-order valence-electron chi connectivity index (χ2n) is 8.17. The Bertz CT molecular complexity index is 842. The van der Waals surface area contributed by atoms with E-state index in [1.165, 1.54) is 17.7 Å². The highest BCUT2D eigenvalue weighted by Crippen LogP contribution is 2.29. The van der Waals surface area contributed by atoms with Gasteiger partial charge in [-0.15, -0.1) is 0 Å². The van der Waals surface area contributed by atoms with Crippen LogP contribution in [0, 0.1) is 5.92 Å². The molecule has 3 nitrogen and oxygen atoms in total. The zero-order valence-electron chi connectivity index (χ0n) is 17.6. The summed E-state index contributed by atoms with van der Waals surface area (Å²) >= 11 is 0. The molecule has 1 heterocycles. The molecule has 0 atom stereocenters. The molecule has 0 N–H and O–H groups in total. The van der Waals surface area contributed by atoms with E-state index in [2.05, 4.69) is 24.0 Å². The summed E-state index contributed by atoms with van der Waals surface area (Å²) in [6, 6.07) is 13.8. The predicted molar refractivity (Wildman–Crippen MR) is 112 cm³/mol. The van der Waals surface area contributed by atoms with Gasteiger partial charge in [-0.3, -0.25) is 9.69 Å². The fourth-order valence-electron chi connectivity index (χ4n) is 3.87. The van der Waals surface area contributed by atoms with Crippen molar-refractivity contribution in [1.82, 2.24) is 9.80 Å². The number of amides is 1. The molecule has 0 bridgehead atoms. The van der Waals surface area contributed by atoms with Gasteiger partial charge in [-0.25, -0.2) is 0 Å². The SMILES string of the molecule is CCCN(C)C(=O)C1CN(Cc2ccc(CCc3cccc(C(F)(F)F)c3)cc2)C1. The number of aryl methyl sites for hydroxylation is 2. The monoisotopic (exact) mass is 418 g/mol. The van der Waals surface area contributed by atoms with E-state index in [9.17, 15) is 18.0 Å². The minimum atomic E-state index is -4.30. The molecule has 162 valence electrons. The third kappa shape index (κ3) is 5.85. The van der Waals surface area contributed by atoms with Crippen LogP contribution in [0.2, 0.25) is 0 Å². The number of likely N-dealkylation sites (tertiary alicyclic amines) is 1. The summed E-state index contributed by atoms with van der Waals surface area (Å²) in [5.74, 6) is 0.339. The van der Waals surface area contributed by atoms with Crippen molar-refractivity contribution in [2.24, 2.45) is 5.92 Å². The Morgan fingerprint density at radius 3 is 2.30 bits per heavy atom. The van der Waals surface area contributed by atoms with Gasteiger partial charge in [0.05, 0.1) is 11.5 Å². The van der Waals surface area contributed by atoms with Gasteiger partial charge in [0.15, 0.2) is 0 Å². The van der Waals surface area contributed by atoms with E-state index in [1.807, 2.05) is 24.1 Å². The molecule has 1 fully saturated rings. The van der Waals surface area contributed by atoms with Gasteiger partial charge < -0.3 is 4.90 Å². The molecule has 0 radical (unpaired) electrons. The van der Waals surface area contributed by atoms with Crippen molar-refractivity contribution in [3.63, 3.8) is 0 Å². The van der Waals surface area contributed by atoms with E-state index in [0.29, 0.717) is 18.4 Å². The van der Waals surface area contributed by atoms with Crippen molar-refractivity contribution in [3.05, 3.63) is 70.8 Å². The predicted octanol–water partition coefficient (Wildman–Crippen LogP) is 4.79. The molecule has 1 aliphatic rings. The van der Waals surface area contributed by atoms with Gasteiger partial charge in [-0.05, 0) is 42.0 Å². The van der Waals surface area contributed by atoms with E-state index in [-0.39, 0.29) is 11.8 Å². The van der Waals surface area contributed by atoms with E-state index < -0.39 is 11.7 Å². The number of alkyl halides is 3. The van der Waals surface area contributed by atoms with Crippen LogP contribution in [0.25, 0.3) is 0 Å². The largest absolute Gasteiger partial charge is 0.416 e. The number of rotatable bonds is 8. The van der Waals surface area contributed by atoms with Crippen molar-refractivity contribution >= 4 is 5.91 Å². The summed E-state index contributed by atoms with van der Waals surface area (Å²) in [6.45, 7) is 5.28.